The molecular formula is C43H54N8O7. The lowest BCUT2D eigenvalue weighted by atomic mass is 10.0. The van der Waals surface area contributed by atoms with E-state index in [-0.39, 0.29) is 29.8 Å². The minimum Gasteiger partial charge on any atom is -0.453 e. The highest BCUT2D eigenvalue weighted by Gasteiger charge is 2.38. The Hall–Kier alpha value is -5.70. The maximum absolute atomic E-state index is 13.8. The Labute approximate surface area is 338 Å². The molecule has 15 nitrogen and oxygen atoms in total. The van der Waals surface area contributed by atoms with E-state index in [1.54, 1.807) is 0 Å². The van der Waals surface area contributed by atoms with Crippen LogP contribution in [0.4, 0.5) is 9.59 Å². The molecule has 4 N–H and O–H groups in total. The van der Waals surface area contributed by atoms with Crippen molar-refractivity contribution in [2.75, 3.05) is 33.9 Å². The van der Waals surface area contributed by atoms with Gasteiger partial charge in [-0.05, 0) is 55.6 Å². The molecule has 4 amide bonds. The lowest BCUT2D eigenvalue weighted by Crippen LogP contribution is -2.51. The van der Waals surface area contributed by atoms with Gasteiger partial charge in [0.15, 0.2) is 0 Å². The topological polar surface area (TPSA) is 184 Å². The van der Waals surface area contributed by atoms with Crippen LogP contribution in [-0.4, -0.2) is 99.7 Å². The summed E-state index contributed by atoms with van der Waals surface area (Å²) in [5, 5.41) is 5.46. The quantitative estimate of drug-likeness (QED) is 0.152. The van der Waals surface area contributed by atoms with Gasteiger partial charge < -0.3 is 44.6 Å². The van der Waals surface area contributed by atoms with Crippen LogP contribution in [0.5, 0.6) is 0 Å². The number of alkyl carbamates (subject to hydrolysis) is 2. The molecular weight excluding hydrogens is 741 g/mol. The van der Waals surface area contributed by atoms with Gasteiger partial charge in [0, 0.05) is 37.0 Å². The minimum atomic E-state index is -0.692. The Morgan fingerprint density at radius 3 is 2.17 bits per heavy atom. The number of H-pyrrole nitrogens is 2. The third-order valence-electron chi connectivity index (χ3n) is 11.5. The summed E-state index contributed by atoms with van der Waals surface area (Å²) >= 11 is 0. The fourth-order valence-electron chi connectivity index (χ4n) is 8.31. The fourth-order valence-corrected chi connectivity index (χ4v) is 8.31. The zero-order chi connectivity index (χ0) is 40.8. The van der Waals surface area contributed by atoms with Gasteiger partial charge in [-0.3, -0.25) is 9.59 Å². The summed E-state index contributed by atoms with van der Waals surface area (Å²) in [6, 6.07) is 14.7. The minimum absolute atomic E-state index is 0.109. The van der Waals surface area contributed by atoms with Crippen LogP contribution < -0.4 is 10.6 Å². The van der Waals surface area contributed by atoms with Gasteiger partial charge in [-0.15, -0.1) is 0 Å². The second kappa shape index (κ2) is 18.3. The van der Waals surface area contributed by atoms with Crippen LogP contribution in [0, 0.1) is 5.92 Å². The molecule has 2 saturated heterocycles. The van der Waals surface area contributed by atoms with Gasteiger partial charge in [0.1, 0.15) is 23.7 Å². The first-order valence-corrected chi connectivity index (χ1v) is 20.4. The maximum atomic E-state index is 13.8. The van der Waals surface area contributed by atoms with Crippen molar-refractivity contribution >= 4 is 24.0 Å². The summed E-state index contributed by atoms with van der Waals surface area (Å²) in [7, 11) is 2.60. The van der Waals surface area contributed by atoms with E-state index in [1.165, 1.54) is 14.2 Å². The number of imidazole rings is 2. The van der Waals surface area contributed by atoms with Crippen LogP contribution in [0.25, 0.3) is 33.6 Å². The Bertz CT molecular complexity index is 2060. The van der Waals surface area contributed by atoms with Crippen molar-refractivity contribution in [2.24, 2.45) is 5.92 Å². The van der Waals surface area contributed by atoms with Crippen molar-refractivity contribution in [3.8, 4) is 33.6 Å². The molecule has 58 heavy (non-hydrogen) atoms. The molecule has 7 rings (SSSR count). The van der Waals surface area contributed by atoms with Crippen LogP contribution in [0.2, 0.25) is 0 Å². The summed E-state index contributed by atoms with van der Waals surface area (Å²) < 4.78 is 15.7. The van der Waals surface area contributed by atoms with Gasteiger partial charge in [0.25, 0.3) is 0 Å². The largest absolute Gasteiger partial charge is 0.453 e. The number of likely N-dealkylation sites (tertiary alicyclic amines) is 1. The number of nitrogens with zero attached hydrogens (tertiary/aromatic N) is 4. The van der Waals surface area contributed by atoms with E-state index in [0.29, 0.717) is 32.7 Å². The van der Waals surface area contributed by atoms with E-state index >= 15 is 0 Å². The lowest BCUT2D eigenvalue weighted by molar-refractivity contribution is -0.135. The summed E-state index contributed by atoms with van der Waals surface area (Å²) in [6.07, 6.45) is 6.91. The molecule has 2 aromatic carbocycles. The summed E-state index contributed by atoms with van der Waals surface area (Å²) in [4.78, 5) is 72.0. The SMILES string of the molecule is COC(=O)N[C@H]1CCCCCOCc2[nH]c(nc2-c2ccc(-c3ccc(-c4c[nH]c([C@@H]5CCCN5C(=O)[C@@H](NC(=O)OC)C(C)C)n4)cc3)cc2)[C@@H]2CCCN2C1=O. The van der Waals surface area contributed by atoms with Crippen LogP contribution in [0.3, 0.4) is 0 Å². The molecule has 15 heteroatoms. The Kier molecular flexibility index (Phi) is 12.8. The number of ether oxygens (including phenoxy) is 3. The zero-order valence-electron chi connectivity index (χ0n) is 33.7. The monoisotopic (exact) mass is 794 g/mol. The second-order valence-corrected chi connectivity index (χ2v) is 15.6. The van der Waals surface area contributed by atoms with Gasteiger partial charge in [0.05, 0.1) is 50.0 Å². The van der Waals surface area contributed by atoms with Gasteiger partial charge in [-0.25, -0.2) is 19.6 Å². The number of rotatable bonds is 8. The smallest absolute Gasteiger partial charge is 0.407 e. The molecule has 5 heterocycles. The molecule has 0 spiro atoms. The predicted octanol–water partition coefficient (Wildman–Crippen LogP) is 6.66. The van der Waals surface area contributed by atoms with Crippen LogP contribution in [0.15, 0.2) is 54.7 Å². The van der Waals surface area contributed by atoms with E-state index < -0.39 is 24.3 Å². The van der Waals surface area contributed by atoms with E-state index in [2.05, 4.69) is 57.0 Å². The number of carbonyl (C=O) groups excluding carboxylic acids is 4. The average Bonchev–Trinajstić information content (AvgIpc) is 4.08. The molecule has 2 fully saturated rings. The Morgan fingerprint density at radius 1 is 0.793 bits per heavy atom. The van der Waals surface area contributed by atoms with Crippen LogP contribution in [0.1, 0.15) is 94.6 Å². The normalized spacial score (nSPS) is 20.6. The number of aromatic nitrogens is 4. The molecule has 0 unspecified atom stereocenters. The maximum Gasteiger partial charge on any atom is 0.407 e. The summed E-state index contributed by atoms with van der Waals surface area (Å²) in [5.74, 6) is 1.08. The zero-order valence-corrected chi connectivity index (χ0v) is 33.7. The number of nitrogens with one attached hydrogen (secondary N) is 4. The molecule has 3 aliphatic heterocycles. The van der Waals surface area contributed by atoms with E-state index in [1.807, 2.05) is 42.0 Å². The molecule has 3 aliphatic rings. The number of fused-ring (bicyclic) bond motifs is 4. The third-order valence-corrected chi connectivity index (χ3v) is 11.5. The van der Waals surface area contributed by atoms with Crippen molar-refractivity contribution in [1.29, 1.82) is 0 Å². The van der Waals surface area contributed by atoms with Crippen molar-refractivity contribution in [2.45, 2.75) is 96.0 Å². The number of carbonyl (C=O) groups is 4. The number of methoxy groups -OCH3 is 2. The number of amides is 4. The molecule has 0 saturated carbocycles. The van der Waals surface area contributed by atoms with E-state index in [9.17, 15) is 19.2 Å². The molecule has 4 aromatic rings. The third kappa shape index (κ3) is 8.89. The molecule has 0 radical (unpaired) electrons. The number of hydrogen-bond acceptors (Lipinski definition) is 9. The number of benzene rings is 2. The molecule has 4 atom stereocenters. The summed E-state index contributed by atoms with van der Waals surface area (Å²) in [5.41, 5.74) is 6.43. The van der Waals surface area contributed by atoms with Gasteiger partial charge in [-0.2, -0.15) is 0 Å². The molecule has 308 valence electrons. The van der Waals surface area contributed by atoms with E-state index in [0.717, 1.165) is 95.9 Å². The van der Waals surface area contributed by atoms with Gasteiger partial charge in [0.2, 0.25) is 11.8 Å². The molecule has 2 bridgehead atoms. The highest BCUT2D eigenvalue weighted by molar-refractivity contribution is 5.87. The highest BCUT2D eigenvalue weighted by Crippen LogP contribution is 2.36. The molecule has 2 aromatic heterocycles. The van der Waals surface area contributed by atoms with Crippen molar-refractivity contribution < 1.29 is 33.4 Å². The van der Waals surface area contributed by atoms with E-state index in [4.69, 9.17) is 24.2 Å². The predicted molar refractivity (Wildman–Crippen MR) is 216 cm³/mol. The van der Waals surface area contributed by atoms with Gasteiger partial charge >= 0.3 is 12.2 Å². The van der Waals surface area contributed by atoms with Crippen molar-refractivity contribution in [3.05, 3.63) is 72.1 Å². The Morgan fingerprint density at radius 2 is 1.47 bits per heavy atom. The van der Waals surface area contributed by atoms with Gasteiger partial charge in [-0.1, -0.05) is 75.2 Å². The molecule has 0 aliphatic carbocycles. The van der Waals surface area contributed by atoms with Crippen molar-refractivity contribution in [3.63, 3.8) is 0 Å². The van der Waals surface area contributed by atoms with Crippen LogP contribution in [-0.2, 0) is 30.4 Å². The number of aromatic amines is 2. The highest BCUT2D eigenvalue weighted by atomic mass is 16.5. The van der Waals surface area contributed by atoms with Crippen molar-refractivity contribution in [1.82, 2.24) is 40.4 Å². The fraction of sp³-hybridized carbons (Fsp3) is 0.488. The lowest BCUT2D eigenvalue weighted by Gasteiger charge is -2.29. The number of hydrogen-bond donors (Lipinski definition) is 4. The summed E-state index contributed by atoms with van der Waals surface area (Å²) in [6.45, 7) is 5.95. The second-order valence-electron chi connectivity index (χ2n) is 15.6. The average molecular weight is 795 g/mol. The standard InChI is InChI=1S/C43H54N8O7/c1-26(2)36(49-43(55)57-4)41(53)51-22-8-11-34(51)38-44-24-32(45-38)29-17-13-27(14-18-29)28-15-19-30(20-16-28)37-33-25-58-23-7-5-6-10-31(47-42(54)56-3)40(52)50-21-9-12-35(50)39(46-33)48-37/h13-20,24,26,31,34-36H,5-12,21-23,25H2,1-4H3,(H,44,45)(H,46,48)(H,47,54)(H,49,55)/t31-,34-,35-,36-/m0/s1. The first-order chi connectivity index (χ1) is 28.1. The van der Waals surface area contributed by atoms with Crippen LogP contribution >= 0.6 is 0 Å². The Balaban J connectivity index is 1.06. The first-order valence-electron chi connectivity index (χ1n) is 20.4. The first kappa shape index (κ1) is 40.5.